The highest BCUT2D eigenvalue weighted by molar-refractivity contribution is 7.89. The number of β-amino-alcohol motifs (C(OH)–C–C–N with tert-alkyl or cyclic N) is 1. The predicted octanol–water partition coefficient (Wildman–Crippen LogP) is 1.73. The van der Waals surface area contributed by atoms with E-state index in [0.29, 0.717) is 30.6 Å². The average molecular weight is 312 g/mol. The maximum absolute atomic E-state index is 13.0. The summed E-state index contributed by atoms with van der Waals surface area (Å²) < 4.78 is 27.3. The summed E-state index contributed by atoms with van der Waals surface area (Å²) in [6, 6.07) is 1.80. The van der Waals surface area contributed by atoms with Crippen LogP contribution in [0.4, 0.5) is 5.69 Å². The first-order valence-electron chi connectivity index (χ1n) is 7.15. The SMILES string of the molecule is Cc1cc(N)c(C)c(S(=O)(=O)N2CCCC(C)(O)C2)c1C. The molecule has 0 saturated carbocycles. The van der Waals surface area contributed by atoms with Crippen molar-refractivity contribution in [3.8, 4) is 0 Å². The van der Waals surface area contributed by atoms with Crippen molar-refractivity contribution in [2.24, 2.45) is 0 Å². The molecule has 1 aliphatic heterocycles. The molecule has 0 bridgehead atoms. The molecule has 0 amide bonds. The molecule has 0 radical (unpaired) electrons. The number of nitrogens with zero attached hydrogens (tertiary/aromatic N) is 1. The highest BCUT2D eigenvalue weighted by atomic mass is 32.2. The summed E-state index contributed by atoms with van der Waals surface area (Å²) in [7, 11) is -3.65. The Bertz CT molecular complexity index is 640. The molecule has 0 spiro atoms. The largest absolute Gasteiger partial charge is 0.398 e. The zero-order valence-electron chi connectivity index (χ0n) is 13.1. The number of nitrogens with two attached hydrogens (primary N) is 1. The number of anilines is 1. The summed E-state index contributed by atoms with van der Waals surface area (Å²) in [6.07, 6.45) is 1.28. The Morgan fingerprint density at radius 2 is 1.90 bits per heavy atom. The average Bonchev–Trinajstić information content (AvgIpc) is 2.35. The van der Waals surface area contributed by atoms with Crippen LogP contribution in [-0.4, -0.2) is 36.5 Å². The van der Waals surface area contributed by atoms with Gasteiger partial charge < -0.3 is 10.8 Å². The Hall–Kier alpha value is -1.11. The number of hydrogen-bond acceptors (Lipinski definition) is 4. The number of piperidine rings is 1. The Morgan fingerprint density at radius 1 is 1.29 bits per heavy atom. The zero-order valence-corrected chi connectivity index (χ0v) is 13.9. The number of hydrogen-bond donors (Lipinski definition) is 2. The van der Waals surface area contributed by atoms with Crippen LogP contribution in [0.5, 0.6) is 0 Å². The van der Waals surface area contributed by atoms with Gasteiger partial charge >= 0.3 is 0 Å². The fourth-order valence-corrected chi connectivity index (χ4v) is 5.07. The van der Waals surface area contributed by atoms with Crippen molar-refractivity contribution in [2.45, 2.75) is 51.0 Å². The molecule has 0 aliphatic carbocycles. The third-order valence-electron chi connectivity index (χ3n) is 4.32. The summed E-state index contributed by atoms with van der Waals surface area (Å²) >= 11 is 0. The molecule has 2 rings (SSSR count). The van der Waals surface area contributed by atoms with Crippen LogP contribution >= 0.6 is 0 Å². The van der Waals surface area contributed by atoms with E-state index in [9.17, 15) is 13.5 Å². The second-order valence-electron chi connectivity index (χ2n) is 6.30. The van der Waals surface area contributed by atoms with Gasteiger partial charge in [0.25, 0.3) is 0 Å². The minimum absolute atomic E-state index is 0.127. The lowest BCUT2D eigenvalue weighted by atomic mass is 9.97. The van der Waals surface area contributed by atoms with E-state index in [1.807, 2.05) is 6.92 Å². The molecule has 1 fully saturated rings. The van der Waals surface area contributed by atoms with Gasteiger partial charge in [-0.25, -0.2) is 8.42 Å². The van der Waals surface area contributed by atoms with Gasteiger partial charge in [-0.05, 0) is 63.3 Å². The van der Waals surface area contributed by atoms with E-state index >= 15 is 0 Å². The van der Waals surface area contributed by atoms with E-state index in [4.69, 9.17) is 5.73 Å². The molecule has 3 N–H and O–H groups in total. The first-order valence-corrected chi connectivity index (χ1v) is 8.59. The fourth-order valence-electron chi connectivity index (χ4n) is 2.94. The summed E-state index contributed by atoms with van der Waals surface area (Å²) in [5.41, 5.74) is 7.63. The van der Waals surface area contributed by atoms with Crippen LogP contribution in [0.3, 0.4) is 0 Å². The first-order chi connectivity index (χ1) is 9.56. The van der Waals surface area contributed by atoms with Crippen molar-refractivity contribution >= 4 is 15.7 Å². The molecule has 6 heteroatoms. The van der Waals surface area contributed by atoms with Crippen LogP contribution < -0.4 is 5.73 Å². The van der Waals surface area contributed by atoms with Gasteiger partial charge in [-0.2, -0.15) is 4.31 Å². The monoisotopic (exact) mass is 312 g/mol. The third-order valence-corrected chi connectivity index (χ3v) is 6.44. The normalized spacial score (nSPS) is 24.2. The molecule has 1 aliphatic rings. The van der Waals surface area contributed by atoms with E-state index < -0.39 is 15.6 Å². The Balaban J connectivity index is 2.55. The van der Waals surface area contributed by atoms with Crippen molar-refractivity contribution in [3.05, 3.63) is 22.8 Å². The second kappa shape index (κ2) is 5.26. The van der Waals surface area contributed by atoms with Gasteiger partial charge in [-0.15, -0.1) is 0 Å². The summed E-state index contributed by atoms with van der Waals surface area (Å²) in [5.74, 6) is 0. The molecule has 0 aromatic heterocycles. The van der Waals surface area contributed by atoms with Gasteiger partial charge in [0, 0.05) is 18.8 Å². The minimum Gasteiger partial charge on any atom is -0.398 e. The zero-order chi connectivity index (χ0) is 16.0. The lowest BCUT2D eigenvalue weighted by Crippen LogP contribution is -2.48. The van der Waals surface area contributed by atoms with Gasteiger partial charge in [-0.1, -0.05) is 0 Å². The summed E-state index contributed by atoms with van der Waals surface area (Å²) in [6.45, 7) is 7.64. The van der Waals surface area contributed by atoms with Crippen molar-refractivity contribution in [1.82, 2.24) is 4.31 Å². The molecule has 1 heterocycles. The molecule has 1 aromatic carbocycles. The topological polar surface area (TPSA) is 83.6 Å². The molecule has 1 atom stereocenters. The Morgan fingerprint density at radius 3 is 2.48 bits per heavy atom. The number of sulfonamides is 1. The Labute approximate surface area is 126 Å². The van der Waals surface area contributed by atoms with Crippen LogP contribution in [0.15, 0.2) is 11.0 Å². The standard InChI is InChI=1S/C15H24N2O3S/c1-10-8-13(16)12(3)14(11(10)2)21(19,20)17-7-5-6-15(4,18)9-17/h8,18H,5-7,9,16H2,1-4H3. The van der Waals surface area contributed by atoms with Gasteiger partial charge in [0.15, 0.2) is 0 Å². The predicted molar refractivity (Wildman–Crippen MR) is 83.7 cm³/mol. The van der Waals surface area contributed by atoms with Gasteiger partial charge in [0.1, 0.15) is 0 Å². The second-order valence-corrected chi connectivity index (χ2v) is 8.18. The number of rotatable bonds is 2. The maximum atomic E-state index is 13.0. The lowest BCUT2D eigenvalue weighted by molar-refractivity contribution is 0.00938. The molecule has 1 saturated heterocycles. The van der Waals surface area contributed by atoms with Crippen LogP contribution in [0.1, 0.15) is 36.5 Å². The van der Waals surface area contributed by atoms with E-state index in [1.165, 1.54) is 4.31 Å². The van der Waals surface area contributed by atoms with Gasteiger partial charge in [-0.3, -0.25) is 0 Å². The van der Waals surface area contributed by atoms with Crippen molar-refractivity contribution in [3.63, 3.8) is 0 Å². The van der Waals surface area contributed by atoms with Crippen molar-refractivity contribution < 1.29 is 13.5 Å². The third kappa shape index (κ3) is 2.93. The van der Waals surface area contributed by atoms with Crippen LogP contribution in [-0.2, 0) is 10.0 Å². The van der Waals surface area contributed by atoms with E-state index in [1.54, 1.807) is 26.8 Å². The Kier molecular flexibility index (Phi) is 4.08. The highest BCUT2D eigenvalue weighted by Gasteiger charge is 2.37. The fraction of sp³-hybridized carbons (Fsp3) is 0.600. The van der Waals surface area contributed by atoms with Crippen molar-refractivity contribution in [1.29, 1.82) is 0 Å². The minimum atomic E-state index is -3.65. The molecule has 118 valence electrons. The van der Waals surface area contributed by atoms with Crippen molar-refractivity contribution in [2.75, 3.05) is 18.8 Å². The molecular formula is C15H24N2O3S. The summed E-state index contributed by atoms with van der Waals surface area (Å²) in [5, 5.41) is 10.2. The quantitative estimate of drug-likeness (QED) is 0.815. The maximum Gasteiger partial charge on any atom is 0.243 e. The number of nitrogen functional groups attached to an aromatic ring is 1. The van der Waals surface area contributed by atoms with Gasteiger partial charge in [0.2, 0.25) is 10.0 Å². The van der Waals surface area contributed by atoms with E-state index in [2.05, 4.69) is 0 Å². The number of aliphatic hydroxyl groups is 1. The first kappa shape index (κ1) is 16.3. The van der Waals surface area contributed by atoms with Gasteiger partial charge in [0.05, 0.1) is 10.5 Å². The molecule has 5 nitrogen and oxygen atoms in total. The van der Waals surface area contributed by atoms with E-state index in [0.717, 1.165) is 11.1 Å². The van der Waals surface area contributed by atoms with E-state index in [-0.39, 0.29) is 11.4 Å². The smallest absolute Gasteiger partial charge is 0.243 e. The number of aryl methyl sites for hydroxylation is 1. The summed E-state index contributed by atoms with van der Waals surface area (Å²) in [4.78, 5) is 0.290. The van der Waals surface area contributed by atoms with Crippen LogP contribution in [0, 0.1) is 20.8 Å². The molecule has 1 aromatic rings. The molecule has 1 unspecified atom stereocenters. The number of benzene rings is 1. The highest BCUT2D eigenvalue weighted by Crippen LogP contribution is 2.32. The lowest BCUT2D eigenvalue weighted by Gasteiger charge is -2.36. The molecule has 21 heavy (non-hydrogen) atoms. The molecular weight excluding hydrogens is 288 g/mol. The van der Waals surface area contributed by atoms with Crippen LogP contribution in [0.2, 0.25) is 0 Å². The van der Waals surface area contributed by atoms with Crippen LogP contribution in [0.25, 0.3) is 0 Å².